The molecule has 18 heavy (non-hydrogen) atoms. The third kappa shape index (κ3) is 2.44. The second-order valence-electron chi connectivity index (χ2n) is 5.65. The lowest BCUT2D eigenvalue weighted by atomic mass is 9.73. The van der Waals surface area contributed by atoms with Crippen LogP contribution in [0.4, 0.5) is 0 Å². The topological polar surface area (TPSA) is 12.0 Å². The summed E-state index contributed by atoms with van der Waals surface area (Å²) in [7, 11) is 2.08. The Morgan fingerprint density at radius 2 is 2.00 bits per heavy atom. The van der Waals surface area contributed by atoms with Crippen LogP contribution >= 0.6 is 11.6 Å². The Morgan fingerprint density at radius 1 is 1.33 bits per heavy atom. The predicted octanol–water partition coefficient (Wildman–Crippen LogP) is 4.88. The number of hydrogen-bond acceptors (Lipinski definition) is 1. The fraction of sp³-hybridized carbons (Fsp3) is 0.625. The zero-order valence-corrected chi connectivity index (χ0v) is 12.5. The fourth-order valence-electron chi connectivity index (χ4n) is 3.54. The van der Waals surface area contributed by atoms with Crippen LogP contribution in [0.15, 0.2) is 18.2 Å². The highest BCUT2D eigenvalue weighted by molar-refractivity contribution is 6.31. The maximum absolute atomic E-state index is 6.28. The number of halogens is 1. The van der Waals surface area contributed by atoms with Crippen LogP contribution in [0, 0.1) is 12.3 Å². The van der Waals surface area contributed by atoms with Crippen LogP contribution in [0.25, 0.3) is 0 Å². The summed E-state index contributed by atoms with van der Waals surface area (Å²) in [5, 5.41) is 4.43. The van der Waals surface area contributed by atoms with E-state index in [4.69, 9.17) is 11.6 Å². The summed E-state index contributed by atoms with van der Waals surface area (Å²) in [4.78, 5) is 0. The molecule has 0 spiro atoms. The van der Waals surface area contributed by atoms with Crippen LogP contribution < -0.4 is 5.32 Å². The Balaban J connectivity index is 2.34. The van der Waals surface area contributed by atoms with Gasteiger partial charge in [-0.1, -0.05) is 43.5 Å². The lowest BCUT2D eigenvalue weighted by Gasteiger charge is -2.37. The molecule has 2 rings (SSSR count). The molecule has 0 aliphatic heterocycles. The van der Waals surface area contributed by atoms with Gasteiger partial charge in [0.25, 0.3) is 0 Å². The molecule has 1 unspecified atom stereocenters. The van der Waals surface area contributed by atoms with E-state index in [-0.39, 0.29) is 0 Å². The third-order valence-electron chi connectivity index (χ3n) is 4.73. The van der Waals surface area contributed by atoms with E-state index >= 15 is 0 Å². The third-order valence-corrected chi connectivity index (χ3v) is 5.14. The number of benzene rings is 1. The molecule has 1 aliphatic carbocycles. The number of aryl methyl sites for hydroxylation is 1. The molecule has 1 aliphatic rings. The van der Waals surface area contributed by atoms with E-state index in [0.29, 0.717) is 11.5 Å². The van der Waals surface area contributed by atoms with Crippen molar-refractivity contribution in [1.29, 1.82) is 0 Å². The predicted molar refractivity (Wildman–Crippen MR) is 79.2 cm³/mol. The van der Waals surface area contributed by atoms with Gasteiger partial charge in [-0.05, 0) is 55.8 Å². The zero-order chi connectivity index (χ0) is 13.2. The Kier molecular flexibility index (Phi) is 4.34. The summed E-state index contributed by atoms with van der Waals surface area (Å²) in [6.07, 6.45) is 6.64. The van der Waals surface area contributed by atoms with Gasteiger partial charge < -0.3 is 5.32 Å². The van der Waals surface area contributed by atoms with Crippen molar-refractivity contribution < 1.29 is 0 Å². The van der Waals surface area contributed by atoms with Gasteiger partial charge in [-0.2, -0.15) is 0 Å². The molecular weight excluding hydrogens is 242 g/mol. The first-order chi connectivity index (χ1) is 8.63. The average Bonchev–Trinajstić information content (AvgIpc) is 2.84. The van der Waals surface area contributed by atoms with Crippen LogP contribution in [-0.2, 0) is 0 Å². The average molecular weight is 266 g/mol. The van der Waals surface area contributed by atoms with Crippen LogP contribution in [0.3, 0.4) is 0 Å². The number of hydrogen-bond donors (Lipinski definition) is 1. The summed E-state index contributed by atoms with van der Waals surface area (Å²) < 4.78 is 0. The van der Waals surface area contributed by atoms with Crippen molar-refractivity contribution in [2.75, 3.05) is 7.05 Å². The van der Waals surface area contributed by atoms with Crippen molar-refractivity contribution in [2.24, 2.45) is 5.41 Å². The molecule has 1 aromatic carbocycles. The Bertz CT molecular complexity index is 408. The molecule has 0 amide bonds. The summed E-state index contributed by atoms with van der Waals surface area (Å²) in [6.45, 7) is 4.39. The van der Waals surface area contributed by atoms with Crippen molar-refractivity contribution in [3.8, 4) is 0 Å². The highest BCUT2D eigenvalue weighted by atomic mass is 35.5. The summed E-state index contributed by atoms with van der Waals surface area (Å²) in [6, 6.07) is 6.95. The number of rotatable bonds is 4. The molecule has 0 aromatic heterocycles. The fourth-order valence-corrected chi connectivity index (χ4v) is 3.73. The Labute approximate surface area is 116 Å². The highest BCUT2D eigenvalue weighted by Crippen LogP contribution is 2.50. The maximum Gasteiger partial charge on any atom is 0.0438 e. The van der Waals surface area contributed by atoms with Crippen molar-refractivity contribution in [3.63, 3.8) is 0 Å². The molecule has 0 bridgehead atoms. The van der Waals surface area contributed by atoms with E-state index in [0.717, 1.165) is 10.6 Å². The van der Waals surface area contributed by atoms with E-state index in [9.17, 15) is 0 Å². The molecule has 1 N–H and O–H groups in total. The molecule has 0 saturated heterocycles. The second kappa shape index (κ2) is 5.63. The minimum Gasteiger partial charge on any atom is -0.313 e. The van der Waals surface area contributed by atoms with Gasteiger partial charge in [-0.25, -0.2) is 0 Å². The maximum atomic E-state index is 6.28. The Morgan fingerprint density at radius 3 is 2.50 bits per heavy atom. The van der Waals surface area contributed by atoms with Crippen molar-refractivity contribution in [2.45, 2.75) is 52.0 Å². The van der Waals surface area contributed by atoms with Gasteiger partial charge in [0.15, 0.2) is 0 Å². The summed E-state index contributed by atoms with van der Waals surface area (Å²) >= 11 is 6.28. The van der Waals surface area contributed by atoms with Gasteiger partial charge in [0.1, 0.15) is 0 Å². The Hall–Kier alpha value is -0.530. The monoisotopic (exact) mass is 265 g/mol. The molecular formula is C16H24ClN. The second-order valence-corrected chi connectivity index (χ2v) is 6.06. The van der Waals surface area contributed by atoms with Gasteiger partial charge in [-0.15, -0.1) is 0 Å². The molecule has 1 aromatic rings. The summed E-state index contributed by atoms with van der Waals surface area (Å²) in [5.41, 5.74) is 2.93. The minimum atomic E-state index is 0.424. The van der Waals surface area contributed by atoms with E-state index < -0.39 is 0 Å². The quantitative estimate of drug-likeness (QED) is 0.818. The first-order valence-electron chi connectivity index (χ1n) is 7.06. The van der Waals surface area contributed by atoms with Crippen LogP contribution in [0.5, 0.6) is 0 Å². The molecule has 2 heteroatoms. The van der Waals surface area contributed by atoms with E-state index in [1.54, 1.807) is 0 Å². The molecule has 1 saturated carbocycles. The van der Waals surface area contributed by atoms with Gasteiger partial charge in [0.2, 0.25) is 0 Å². The first-order valence-corrected chi connectivity index (χ1v) is 7.44. The van der Waals surface area contributed by atoms with E-state index in [1.165, 1.54) is 37.7 Å². The summed E-state index contributed by atoms with van der Waals surface area (Å²) in [5.74, 6) is 0. The van der Waals surface area contributed by atoms with Crippen LogP contribution in [-0.4, -0.2) is 7.05 Å². The lowest BCUT2D eigenvalue weighted by Crippen LogP contribution is -2.34. The normalized spacial score (nSPS) is 20.0. The van der Waals surface area contributed by atoms with Gasteiger partial charge in [0, 0.05) is 11.1 Å². The standard InChI is InChI=1S/C16H24ClN/c1-4-16(9-5-6-10-16)15(18-3)13-8-7-12(2)14(17)11-13/h7-8,11,15,18H,4-6,9-10H2,1-3H3. The van der Waals surface area contributed by atoms with Gasteiger partial charge in [0.05, 0.1) is 0 Å². The zero-order valence-electron chi connectivity index (χ0n) is 11.7. The van der Waals surface area contributed by atoms with Crippen molar-refractivity contribution in [1.82, 2.24) is 5.32 Å². The van der Waals surface area contributed by atoms with Crippen molar-refractivity contribution >= 4 is 11.6 Å². The van der Waals surface area contributed by atoms with Gasteiger partial charge in [-0.3, -0.25) is 0 Å². The molecule has 1 atom stereocenters. The molecule has 100 valence electrons. The molecule has 1 fully saturated rings. The molecule has 1 nitrogen and oxygen atoms in total. The molecule has 0 radical (unpaired) electrons. The highest BCUT2D eigenvalue weighted by Gasteiger charge is 2.39. The van der Waals surface area contributed by atoms with Gasteiger partial charge >= 0.3 is 0 Å². The minimum absolute atomic E-state index is 0.424. The first kappa shape index (κ1) is 13.9. The largest absolute Gasteiger partial charge is 0.313 e. The van der Waals surface area contributed by atoms with Crippen LogP contribution in [0.1, 0.15) is 56.2 Å². The smallest absolute Gasteiger partial charge is 0.0438 e. The molecule has 0 heterocycles. The van der Waals surface area contributed by atoms with E-state index in [1.807, 2.05) is 0 Å². The van der Waals surface area contributed by atoms with Crippen LogP contribution in [0.2, 0.25) is 5.02 Å². The lowest BCUT2D eigenvalue weighted by molar-refractivity contribution is 0.195. The van der Waals surface area contributed by atoms with Crippen molar-refractivity contribution in [3.05, 3.63) is 34.3 Å². The SMILES string of the molecule is CCC1(C(NC)c2ccc(C)c(Cl)c2)CCCC1. The van der Waals surface area contributed by atoms with E-state index in [2.05, 4.69) is 44.4 Å². The number of nitrogens with one attached hydrogen (secondary N) is 1.